The van der Waals surface area contributed by atoms with Crippen molar-refractivity contribution in [1.29, 1.82) is 0 Å². The van der Waals surface area contributed by atoms with E-state index >= 15 is 0 Å². The van der Waals surface area contributed by atoms with Gasteiger partial charge in [0.1, 0.15) is 6.10 Å². The summed E-state index contributed by atoms with van der Waals surface area (Å²) in [5.74, 6) is 0.362. The first-order chi connectivity index (χ1) is 8.25. The van der Waals surface area contributed by atoms with Gasteiger partial charge < -0.3 is 10.1 Å². The van der Waals surface area contributed by atoms with Crippen LogP contribution in [0.5, 0.6) is 0 Å². The zero-order valence-electron chi connectivity index (χ0n) is 10.2. The topological polar surface area (TPSA) is 38.3 Å². The molecule has 1 saturated heterocycles. The Hall–Kier alpha value is -1.35. The van der Waals surface area contributed by atoms with Crippen LogP contribution in [0.15, 0.2) is 30.3 Å². The number of rotatable bonds is 4. The van der Waals surface area contributed by atoms with E-state index in [1.165, 1.54) is 0 Å². The summed E-state index contributed by atoms with van der Waals surface area (Å²) in [6.07, 6.45) is 1.46. The van der Waals surface area contributed by atoms with Crippen LogP contribution in [0, 0.1) is 5.92 Å². The maximum atomic E-state index is 11.7. The fourth-order valence-corrected chi connectivity index (χ4v) is 2.16. The van der Waals surface area contributed by atoms with Gasteiger partial charge in [0.25, 0.3) is 0 Å². The lowest BCUT2D eigenvalue weighted by atomic mass is 10.1. The Morgan fingerprint density at radius 2 is 2.24 bits per heavy atom. The molecular weight excluding hydrogens is 214 g/mol. The van der Waals surface area contributed by atoms with Crippen LogP contribution < -0.4 is 5.32 Å². The summed E-state index contributed by atoms with van der Waals surface area (Å²) in [6, 6.07) is 9.84. The third kappa shape index (κ3) is 3.56. The average Bonchev–Trinajstić information content (AvgIpc) is 2.82. The van der Waals surface area contributed by atoms with Crippen molar-refractivity contribution in [2.24, 2.45) is 5.92 Å². The van der Waals surface area contributed by atoms with Crippen molar-refractivity contribution in [2.45, 2.75) is 25.9 Å². The van der Waals surface area contributed by atoms with Gasteiger partial charge in [-0.15, -0.1) is 0 Å². The molecule has 1 heterocycles. The predicted molar refractivity (Wildman–Crippen MR) is 66.5 cm³/mol. The van der Waals surface area contributed by atoms with Gasteiger partial charge in [-0.05, 0) is 37.9 Å². The molecule has 1 fully saturated rings. The molecule has 2 atom stereocenters. The molecule has 17 heavy (non-hydrogen) atoms. The van der Waals surface area contributed by atoms with E-state index in [9.17, 15) is 4.79 Å². The summed E-state index contributed by atoms with van der Waals surface area (Å²) in [5.41, 5.74) is 1.05. The van der Waals surface area contributed by atoms with Crippen LogP contribution in [0.3, 0.4) is 0 Å². The highest BCUT2D eigenvalue weighted by Crippen LogP contribution is 2.19. The second kappa shape index (κ2) is 5.82. The number of benzene rings is 1. The van der Waals surface area contributed by atoms with Crippen LogP contribution in [-0.4, -0.2) is 19.1 Å². The summed E-state index contributed by atoms with van der Waals surface area (Å²) >= 11 is 0. The summed E-state index contributed by atoms with van der Waals surface area (Å²) < 4.78 is 5.43. The SMILES string of the molecule is CC(OC(=O)CC1CCNC1)c1ccccc1. The lowest BCUT2D eigenvalue weighted by molar-refractivity contribution is -0.149. The van der Waals surface area contributed by atoms with Crippen molar-refractivity contribution >= 4 is 5.97 Å². The maximum absolute atomic E-state index is 11.7. The van der Waals surface area contributed by atoms with Gasteiger partial charge in [-0.25, -0.2) is 0 Å². The Labute approximate surface area is 102 Å². The van der Waals surface area contributed by atoms with Crippen molar-refractivity contribution in [3.63, 3.8) is 0 Å². The van der Waals surface area contributed by atoms with E-state index in [2.05, 4.69) is 5.32 Å². The monoisotopic (exact) mass is 233 g/mol. The summed E-state index contributed by atoms with van der Waals surface area (Å²) in [6.45, 7) is 3.88. The number of hydrogen-bond acceptors (Lipinski definition) is 3. The Morgan fingerprint density at radius 3 is 2.88 bits per heavy atom. The van der Waals surface area contributed by atoms with E-state index in [0.717, 1.165) is 25.1 Å². The molecule has 0 saturated carbocycles. The number of hydrogen-bond donors (Lipinski definition) is 1. The van der Waals surface area contributed by atoms with Gasteiger partial charge in [-0.3, -0.25) is 4.79 Å². The minimum atomic E-state index is -0.155. The highest BCUT2D eigenvalue weighted by Gasteiger charge is 2.20. The van der Waals surface area contributed by atoms with E-state index < -0.39 is 0 Å². The first-order valence-electron chi connectivity index (χ1n) is 6.21. The van der Waals surface area contributed by atoms with Crippen LogP contribution in [0.4, 0.5) is 0 Å². The van der Waals surface area contributed by atoms with Crippen LogP contribution in [0.25, 0.3) is 0 Å². The minimum absolute atomic E-state index is 0.0879. The Balaban J connectivity index is 1.81. The molecule has 0 amide bonds. The lowest BCUT2D eigenvalue weighted by Gasteiger charge is -2.15. The van der Waals surface area contributed by atoms with Gasteiger partial charge in [-0.2, -0.15) is 0 Å². The average molecular weight is 233 g/mol. The van der Waals surface area contributed by atoms with Gasteiger partial charge in [0, 0.05) is 6.42 Å². The molecule has 1 aromatic carbocycles. The van der Waals surface area contributed by atoms with Crippen molar-refractivity contribution in [3.8, 4) is 0 Å². The van der Waals surface area contributed by atoms with Gasteiger partial charge in [0.15, 0.2) is 0 Å². The Morgan fingerprint density at radius 1 is 1.47 bits per heavy atom. The van der Waals surface area contributed by atoms with Crippen LogP contribution in [0.1, 0.15) is 31.4 Å². The number of carbonyl (C=O) groups excluding carboxylic acids is 1. The third-order valence-corrected chi connectivity index (χ3v) is 3.19. The van der Waals surface area contributed by atoms with Crippen LogP contribution in [-0.2, 0) is 9.53 Å². The van der Waals surface area contributed by atoms with E-state index in [0.29, 0.717) is 12.3 Å². The molecule has 1 N–H and O–H groups in total. The highest BCUT2D eigenvalue weighted by atomic mass is 16.5. The molecule has 1 aliphatic rings. The molecule has 2 unspecified atom stereocenters. The first kappa shape index (κ1) is 12.1. The number of ether oxygens (including phenoxy) is 1. The molecule has 0 radical (unpaired) electrons. The number of nitrogens with one attached hydrogen (secondary N) is 1. The quantitative estimate of drug-likeness (QED) is 0.811. The highest BCUT2D eigenvalue weighted by molar-refractivity contribution is 5.70. The molecule has 3 heteroatoms. The molecule has 0 aromatic heterocycles. The van der Waals surface area contributed by atoms with Gasteiger partial charge in [0.05, 0.1) is 0 Å². The van der Waals surface area contributed by atoms with E-state index in [1.807, 2.05) is 37.3 Å². The van der Waals surface area contributed by atoms with Crippen LogP contribution in [0.2, 0.25) is 0 Å². The van der Waals surface area contributed by atoms with Crippen molar-refractivity contribution in [3.05, 3.63) is 35.9 Å². The van der Waals surface area contributed by atoms with Crippen molar-refractivity contribution in [2.75, 3.05) is 13.1 Å². The van der Waals surface area contributed by atoms with Gasteiger partial charge in [0.2, 0.25) is 0 Å². The summed E-state index contributed by atoms with van der Waals surface area (Å²) in [7, 11) is 0. The third-order valence-electron chi connectivity index (χ3n) is 3.19. The largest absolute Gasteiger partial charge is 0.458 e. The number of carbonyl (C=O) groups is 1. The molecule has 2 rings (SSSR count). The van der Waals surface area contributed by atoms with Gasteiger partial charge >= 0.3 is 5.97 Å². The van der Waals surface area contributed by atoms with Crippen molar-refractivity contribution < 1.29 is 9.53 Å². The molecule has 0 aliphatic carbocycles. The second-order valence-corrected chi connectivity index (χ2v) is 4.61. The minimum Gasteiger partial charge on any atom is -0.458 e. The molecule has 0 spiro atoms. The van der Waals surface area contributed by atoms with Crippen molar-refractivity contribution in [1.82, 2.24) is 5.32 Å². The zero-order valence-corrected chi connectivity index (χ0v) is 10.2. The first-order valence-corrected chi connectivity index (χ1v) is 6.21. The fraction of sp³-hybridized carbons (Fsp3) is 0.500. The maximum Gasteiger partial charge on any atom is 0.306 e. The second-order valence-electron chi connectivity index (χ2n) is 4.61. The number of esters is 1. The van der Waals surface area contributed by atoms with Gasteiger partial charge in [-0.1, -0.05) is 30.3 Å². The molecular formula is C14H19NO2. The molecule has 0 bridgehead atoms. The fourth-order valence-electron chi connectivity index (χ4n) is 2.16. The smallest absolute Gasteiger partial charge is 0.306 e. The lowest BCUT2D eigenvalue weighted by Crippen LogP contribution is -2.16. The van der Waals surface area contributed by atoms with E-state index in [-0.39, 0.29) is 12.1 Å². The van der Waals surface area contributed by atoms with E-state index in [4.69, 9.17) is 4.74 Å². The Kier molecular flexibility index (Phi) is 4.15. The predicted octanol–water partition coefficient (Wildman–Crippen LogP) is 2.29. The summed E-state index contributed by atoms with van der Waals surface area (Å²) in [5, 5.41) is 3.25. The Bertz CT molecular complexity index is 358. The molecule has 1 aromatic rings. The summed E-state index contributed by atoms with van der Waals surface area (Å²) in [4.78, 5) is 11.7. The zero-order chi connectivity index (χ0) is 12.1. The molecule has 1 aliphatic heterocycles. The van der Waals surface area contributed by atoms with Crippen LogP contribution >= 0.6 is 0 Å². The molecule has 92 valence electrons. The standard InChI is InChI=1S/C14H19NO2/c1-11(13-5-3-2-4-6-13)17-14(16)9-12-7-8-15-10-12/h2-6,11-12,15H,7-10H2,1H3. The normalized spacial score (nSPS) is 21.1. The molecule has 3 nitrogen and oxygen atoms in total. The van der Waals surface area contributed by atoms with E-state index in [1.54, 1.807) is 0 Å².